The zero-order valence-corrected chi connectivity index (χ0v) is 13.2. The van der Waals surface area contributed by atoms with Gasteiger partial charge in [-0.3, -0.25) is 14.9 Å². The Hall–Kier alpha value is -2.66. The summed E-state index contributed by atoms with van der Waals surface area (Å²) < 4.78 is 0. The number of nitrogens with zero attached hydrogens (tertiary/aromatic N) is 1. The van der Waals surface area contributed by atoms with Crippen molar-refractivity contribution < 1.29 is 9.72 Å². The van der Waals surface area contributed by atoms with E-state index in [-0.39, 0.29) is 18.1 Å². The maximum absolute atomic E-state index is 12.0. The molecule has 0 fully saturated rings. The van der Waals surface area contributed by atoms with Gasteiger partial charge in [0.1, 0.15) is 0 Å². The van der Waals surface area contributed by atoms with E-state index in [1.807, 2.05) is 18.2 Å². The van der Waals surface area contributed by atoms with Gasteiger partial charge in [0.15, 0.2) is 0 Å². The van der Waals surface area contributed by atoms with Gasteiger partial charge in [-0.15, -0.1) is 0 Å². The Morgan fingerprint density at radius 3 is 2.57 bits per heavy atom. The van der Waals surface area contributed by atoms with Gasteiger partial charge in [0.05, 0.1) is 4.92 Å². The molecule has 118 valence electrons. The molecular weight excluding hydrogens is 316 g/mol. The number of nitro benzene ring substituents is 1. The average Bonchev–Trinajstić information content (AvgIpc) is 2.53. The van der Waals surface area contributed by atoms with Crippen LogP contribution >= 0.6 is 11.6 Å². The number of amides is 1. The first-order valence-electron chi connectivity index (χ1n) is 6.92. The summed E-state index contributed by atoms with van der Waals surface area (Å²) in [6.07, 6.45) is 1.43. The molecule has 0 atom stereocenters. The first-order valence-corrected chi connectivity index (χ1v) is 7.30. The molecule has 5 nitrogen and oxygen atoms in total. The Morgan fingerprint density at radius 2 is 1.87 bits per heavy atom. The minimum absolute atomic E-state index is 0.0143. The molecule has 23 heavy (non-hydrogen) atoms. The predicted molar refractivity (Wildman–Crippen MR) is 90.0 cm³/mol. The lowest BCUT2D eigenvalue weighted by Crippen LogP contribution is -2.21. The van der Waals surface area contributed by atoms with Gasteiger partial charge in [0.25, 0.3) is 5.69 Å². The first kappa shape index (κ1) is 16.7. The van der Waals surface area contributed by atoms with Crippen molar-refractivity contribution in [2.24, 2.45) is 0 Å². The van der Waals surface area contributed by atoms with Crippen LogP contribution in [0.15, 0.2) is 54.6 Å². The number of nitrogens with one attached hydrogen (secondary N) is 1. The molecule has 0 bridgehead atoms. The van der Waals surface area contributed by atoms with Crippen molar-refractivity contribution in [3.63, 3.8) is 0 Å². The number of nitro groups is 1. The van der Waals surface area contributed by atoms with Gasteiger partial charge in [0.2, 0.25) is 5.91 Å². The molecule has 1 amide bonds. The molecule has 0 saturated heterocycles. The lowest BCUT2D eigenvalue weighted by Gasteiger charge is -2.06. The zero-order chi connectivity index (χ0) is 16.8. The fourth-order valence-corrected chi connectivity index (χ4v) is 2.41. The Balaban J connectivity index is 2.08. The topological polar surface area (TPSA) is 72.2 Å². The molecule has 6 heteroatoms. The van der Waals surface area contributed by atoms with Crippen LogP contribution in [0, 0.1) is 10.1 Å². The molecule has 0 aliphatic carbocycles. The van der Waals surface area contributed by atoms with Gasteiger partial charge in [-0.1, -0.05) is 48.0 Å². The van der Waals surface area contributed by atoms with Crippen LogP contribution in [-0.4, -0.2) is 10.8 Å². The van der Waals surface area contributed by atoms with Crippen molar-refractivity contribution in [1.29, 1.82) is 0 Å². The van der Waals surface area contributed by atoms with E-state index < -0.39 is 4.92 Å². The van der Waals surface area contributed by atoms with Crippen LogP contribution in [0.3, 0.4) is 0 Å². The number of carbonyl (C=O) groups is 1. The lowest BCUT2D eigenvalue weighted by atomic mass is 10.1. The summed E-state index contributed by atoms with van der Waals surface area (Å²) in [7, 11) is 0. The summed E-state index contributed by atoms with van der Waals surface area (Å²) in [6.45, 7) is 1.87. The third-order valence-electron chi connectivity index (χ3n) is 3.29. The van der Waals surface area contributed by atoms with E-state index in [9.17, 15) is 14.9 Å². The van der Waals surface area contributed by atoms with E-state index >= 15 is 0 Å². The Morgan fingerprint density at radius 1 is 1.22 bits per heavy atom. The number of hydrogen-bond acceptors (Lipinski definition) is 3. The Bertz CT molecular complexity index is 772. The standard InChI is InChI=1S/C17H15ClN2O3/c1-12(14-7-3-4-8-15(14)18)10-17(21)19-11-13-6-2-5-9-16(13)20(22)23/h2-10H,11H2,1H3,(H,19,21)/b12-10+. The highest BCUT2D eigenvalue weighted by atomic mass is 35.5. The van der Waals surface area contributed by atoms with Crippen LogP contribution in [-0.2, 0) is 11.3 Å². The molecular formula is C17H15ClN2O3. The second kappa shape index (κ2) is 7.56. The van der Waals surface area contributed by atoms with Crippen LogP contribution < -0.4 is 5.32 Å². The Labute approximate surface area is 138 Å². The van der Waals surface area contributed by atoms with Gasteiger partial charge in [-0.25, -0.2) is 0 Å². The quantitative estimate of drug-likeness (QED) is 0.512. The number of carbonyl (C=O) groups excluding carboxylic acids is 1. The molecule has 0 aliphatic rings. The number of halogens is 1. The van der Waals surface area contributed by atoms with Crippen LogP contribution in [0.4, 0.5) is 5.69 Å². The summed E-state index contributed by atoms with van der Waals surface area (Å²) in [5.74, 6) is -0.333. The number of rotatable bonds is 5. The second-order valence-corrected chi connectivity index (χ2v) is 5.32. The third-order valence-corrected chi connectivity index (χ3v) is 3.62. The van der Waals surface area contributed by atoms with E-state index in [2.05, 4.69) is 5.32 Å². The van der Waals surface area contributed by atoms with Crippen molar-refractivity contribution in [3.05, 3.63) is 80.9 Å². The normalized spacial score (nSPS) is 11.1. The van der Waals surface area contributed by atoms with Gasteiger partial charge < -0.3 is 5.32 Å². The summed E-state index contributed by atoms with van der Waals surface area (Å²) in [4.78, 5) is 22.5. The van der Waals surface area contributed by atoms with E-state index in [4.69, 9.17) is 11.6 Å². The van der Waals surface area contributed by atoms with Crippen LogP contribution in [0.2, 0.25) is 5.02 Å². The lowest BCUT2D eigenvalue weighted by molar-refractivity contribution is -0.385. The fourth-order valence-electron chi connectivity index (χ4n) is 2.13. The number of benzene rings is 2. The molecule has 0 spiro atoms. The highest BCUT2D eigenvalue weighted by Gasteiger charge is 2.12. The molecule has 0 aliphatic heterocycles. The molecule has 0 radical (unpaired) electrons. The molecule has 0 saturated carbocycles. The number of allylic oxidation sites excluding steroid dienone is 1. The highest BCUT2D eigenvalue weighted by molar-refractivity contribution is 6.32. The molecule has 0 heterocycles. The van der Waals surface area contributed by atoms with E-state index in [0.717, 1.165) is 11.1 Å². The van der Waals surface area contributed by atoms with Crippen LogP contribution in [0.25, 0.3) is 5.57 Å². The van der Waals surface area contributed by atoms with E-state index in [0.29, 0.717) is 10.6 Å². The van der Waals surface area contributed by atoms with Crippen molar-refractivity contribution in [1.82, 2.24) is 5.32 Å². The minimum atomic E-state index is -0.466. The third kappa shape index (κ3) is 4.40. The summed E-state index contributed by atoms with van der Waals surface area (Å²) in [5.41, 5.74) is 1.93. The molecule has 0 aromatic heterocycles. The average molecular weight is 331 g/mol. The van der Waals surface area contributed by atoms with Crippen LogP contribution in [0.1, 0.15) is 18.1 Å². The first-order chi connectivity index (χ1) is 11.0. The minimum Gasteiger partial charge on any atom is -0.348 e. The van der Waals surface area contributed by atoms with Gasteiger partial charge >= 0.3 is 0 Å². The number of hydrogen-bond donors (Lipinski definition) is 1. The van der Waals surface area contributed by atoms with Gasteiger partial charge in [-0.05, 0) is 24.1 Å². The van der Waals surface area contributed by atoms with Crippen molar-refractivity contribution in [2.75, 3.05) is 0 Å². The molecule has 2 aromatic carbocycles. The fraction of sp³-hybridized carbons (Fsp3) is 0.118. The van der Waals surface area contributed by atoms with Crippen molar-refractivity contribution >= 4 is 28.8 Å². The van der Waals surface area contributed by atoms with E-state index in [1.54, 1.807) is 31.2 Å². The van der Waals surface area contributed by atoms with E-state index in [1.165, 1.54) is 12.1 Å². The van der Waals surface area contributed by atoms with Gasteiger partial charge in [-0.2, -0.15) is 0 Å². The molecule has 2 rings (SSSR count). The summed E-state index contributed by atoms with van der Waals surface area (Å²) in [6, 6.07) is 13.5. The van der Waals surface area contributed by atoms with Crippen molar-refractivity contribution in [3.8, 4) is 0 Å². The monoisotopic (exact) mass is 330 g/mol. The smallest absolute Gasteiger partial charge is 0.274 e. The van der Waals surface area contributed by atoms with Gasteiger partial charge in [0, 0.05) is 29.3 Å². The zero-order valence-electron chi connectivity index (χ0n) is 12.5. The van der Waals surface area contributed by atoms with Crippen molar-refractivity contribution in [2.45, 2.75) is 13.5 Å². The molecule has 0 unspecified atom stereocenters. The SMILES string of the molecule is C/C(=C\C(=O)NCc1ccccc1[N+](=O)[O-])c1ccccc1Cl. The molecule has 2 aromatic rings. The summed E-state index contributed by atoms with van der Waals surface area (Å²) >= 11 is 6.08. The number of para-hydroxylation sites is 1. The largest absolute Gasteiger partial charge is 0.348 e. The predicted octanol–water partition coefficient (Wildman–Crippen LogP) is 3.97. The maximum atomic E-state index is 12.0. The maximum Gasteiger partial charge on any atom is 0.274 e. The molecule has 1 N–H and O–H groups in total. The summed E-state index contributed by atoms with van der Waals surface area (Å²) in [5, 5.41) is 14.1. The second-order valence-electron chi connectivity index (χ2n) is 4.91. The Kier molecular flexibility index (Phi) is 5.49. The highest BCUT2D eigenvalue weighted by Crippen LogP contribution is 2.23. The van der Waals surface area contributed by atoms with Crippen LogP contribution in [0.5, 0.6) is 0 Å².